The highest BCUT2D eigenvalue weighted by molar-refractivity contribution is 6.14. The number of nitrogens with zero attached hydrogens (tertiary/aromatic N) is 3. The second-order valence-corrected chi connectivity index (χ2v) is 13.8. The van der Waals surface area contributed by atoms with Gasteiger partial charge < -0.3 is 0 Å². The maximum atomic E-state index is 5.55. The van der Waals surface area contributed by atoms with E-state index < -0.39 is 0 Å². The van der Waals surface area contributed by atoms with Crippen LogP contribution in [-0.4, -0.2) is 14.5 Å². The van der Waals surface area contributed by atoms with E-state index in [1.807, 2.05) is 0 Å². The number of hydrogen-bond acceptors (Lipinski definition) is 2. The summed E-state index contributed by atoms with van der Waals surface area (Å²) in [5.74, 6) is 0.652. The summed E-state index contributed by atoms with van der Waals surface area (Å²) in [6.45, 7) is 0. The standard InChI is InChI=1S/C50H31N3/c1-3-13-32(14-4-1)42-30-45-46(31-43(42)33-15-5-2-6-16-33)51-50(52-49(45)38-25-26-40-37(27-38)24-23-34-17-9-10-20-39(34)40)53-47-22-12-11-21-41(47)44-28-35-18-7-8-19-36(35)29-48(44)53/h1-31H. The van der Waals surface area contributed by atoms with Crippen LogP contribution in [0.1, 0.15) is 0 Å². The van der Waals surface area contributed by atoms with Crippen LogP contribution in [-0.2, 0) is 0 Å². The molecule has 0 radical (unpaired) electrons. The number of aromatic nitrogens is 3. The van der Waals surface area contributed by atoms with Gasteiger partial charge in [0.25, 0.3) is 0 Å². The number of fused-ring (bicyclic) bond motifs is 8. The van der Waals surface area contributed by atoms with Crippen LogP contribution in [0.25, 0.3) is 104 Å². The molecule has 0 aliphatic heterocycles. The van der Waals surface area contributed by atoms with Crippen LogP contribution in [0.15, 0.2) is 188 Å². The number of benzene rings is 9. The Morgan fingerprint density at radius 2 is 0.925 bits per heavy atom. The molecule has 11 aromatic rings. The normalized spacial score (nSPS) is 11.8. The molecule has 9 aromatic carbocycles. The van der Waals surface area contributed by atoms with Gasteiger partial charge in [-0.1, -0.05) is 152 Å². The first-order valence-corrected chi connectivity index (χ1v) is 18.1. The lowest BCUT2D eigenvalue weighted by atomic mass is 9.91. The summed E-state index contributed by atoms with van der Waals surface area (Å²) < 4.78 is 2.25. The van der Waals surface area contributed by atoms with Crippen LogP contribution in [0.5, 0.6) is 0 Å². The van der Waals surface area contributed by atoms with E-state index in [4.69, 9.17) is 9.97 Å². The first-order chi connectivity index (χ1) is 26.3. The van der Waals surface area contributed by atoms with Gasteiger partial charge in [0.2, 0.25) is 5.95 Å². The molecule has 0 saturated heterocycles. The Kier molecular flexibility index (Phi) is 6.55. The fourth-order valence-electron chi connectivity index (χ4n) is 8.23. The summed E-state index contributed by atoms with van der Waals surface area (Å²) in [7, 11) is 0. The van der Waals surface area contributed by atoms with E-state index in [0.717, 1.165) is 55.4 Å². The average molecular weight is 674 g/mol. The Morgan fingerprint density at radius 1 is 0.321 bits per heavy atom. The summed E-state index contributed by atoms with van der Waals surface area (Å²) in [6, 6.07) is 67.4. The topological polar surface area (TPSA) is 30.7 Å². The predicted octanol–water partition coefficient (Wildman–Crippen LogP) is 13.2. The smallest absolute Gasteiger partial charge is 0.235 e. The van der Waals surface area contributed by atoms with Crippen molar-refractivity contribution in [3.63, 3.8) is 0 Å². The molecule has 0 unspecified atom stereocenters. The van der Waals surface area contributed by atoms with Crippen molar-refractivity contribution in [2.24, 2.45) is 0 Å². The molecular formula is C50H31N3. The fraction of sp³-hybridized carbons (Fsp3) is 0. The molecule has 0 aliphatic carbocycles. The Balaban J connectivity index is 1.26. The molecule has 0 aliphatic rings. The third-order valence-corrected chi connectivity index (χ3v) is 10.8. The van der Waals surface area contributed by atoms with E-state index in [1.54, 1.807) is 0 Å². The van der Waals surface area contributed by atoms with Gasteiger partial charge in [0.1, 0.15) is 0 Å². The second kappa shape index (κ2) is 11.7. The van der Waals surface area contributed by atoms with Gasteiger partial charge in [-0.25, -0.2) is 9.97 Å². The largest absolute Gasteiger partial charge is 0.278 e. The molecule has 2 aromatic heterocycles. The second-order valence-electron chi connectivity index (χ2n) is 13.8. The minimum Gasteiger partial charge on any atom is -0.278 e. The lowest BCUT2D eigenvalue weighted by Gasteiger charge is -2.17. The lowest BCUT2D eigenvalue weighted by Crippen LogP contribution is -2.04. The highest BCUT2D eigenvalue weighted by Gasteiger charge is 2.20. The van der Waals surface area contributed by atoms with Gasteiger partial charge >= 0.3 is 0 Å². The molecule has 0 amide bonds. The van der Waals surface area contributed by atoms with Gasteiger partial charge in [0.15, 0.2) is 0 Å². The van der Waals surface area contributed by atoms with Crippen molar-refractivity contribution >= 4 is 65.0 Å². The molecule has 0 spiro atoms. The summed E-state index contributed by atoms with van der Waals surface area (Å²) >= 11 is 0. The molecule has 0 atom stereocenters. The minimum atomic E-state index is 0.652. The zero-order chi connectivity index (χ0) is 34.9. The van der Waals surface area contributed by atoms with Crippen LogP contribution < -0.4 is 0 Å². The van der Waals surface area contributed by atoms with Crippen molar-refractivity contribution in [1.29, 1.82) is 0 Å². The maximum Gasteiger partial charge on any atom is 0.235 e. The quantitative estimate of drug-likeness (QED) is 0.174. The van der Waals surface area contributed by atoms with E-state index in [1.165, 1.54) is 43.1 Å². The molecule has 0 fully saturated rings. The Hall–Kier alpha value is -7.10. The van der Waals surface area contributed by atoms with Crippen LogP contribution >= 0.6 is 0 Å². The molecule has 0 N–H and O–H groups in total. The van der Waals surface area contributed by atoms with Gasteiger partial charge in [-0.3, -0.25) is 4.57 Å². The Labute approximate surface area is 306 Å². The third kappa shape index (κ3) is 4.75. The van der Waals surface area contributed by atoms with Gasteiger partial charge in [-0.15, -0.1) is 0 Å². The van der Waals surface area contributed by atoms with Crippen molar-refractivity contribution in [3.8, 4) is 39.5 Å². The van der Waals surface area contributed by atoms with Gasteiger partial charge in [0, 0.05) is 21.7 Å². The van der Waals surface area contributed by atoms with E-state index in [-0.39, 0.29) is 0 Å². The van der Waals surface area contributed by atoms with Gasteiger partial charge in [0.05, 0.1) is 22.2 Å². The molecule has 3 nitrogen and oxygen atoms in total. The van der Waals surface area contributed by atoms with Gasteiger partial charge in [-0.05, 0) is 91.0 Å². The average Bonchev–Trinajstić information content (AvgIpc) is 3.55. The molecule has 0 bridgehead atoms. The predicted molar refractivity (Wildman–Crippen MR) is 223 cm³/mol. The zero-order valence-electron chi connectivity index (χ0n) is 28.7. The number of para-hydroxylation sites is 1. The summed E-state index contributed by atoms with van der Waals surface area (Å²) in [6.07, 6.45) is 0. The van der Waals surface area contributed by atoms with Crippen LogP contribution in [0.4, 0.5) is 0 Å². The van der Waals surface area contributed by atoms with Gasteiger partial charge in [-0.2, -0.15) is 0 Å². The summed E-state index contributed by atoms with van der Waals surface area (Å²) in [4.78, 5) is 11.0. The first-order valence-electron chi connectivity index (χ1n) is 18.1. The SMILES string of the molecule is c1ccc(-c2cc3nc(-n4c5ccccc5c5cc6ccccc6cc54)nc(-c4ccc5c(ccc6ccccc65)c4)c3cc2-c2ccccc2)cc1. The van der Waals surface area contributed by atoms with Crippen LogP contribution in [0, 0.1) is 0 Å². The number of hydrogen-bond donors (Lipinski definition) is 0. The van der Waals surface area contributed by atoms with Crippen LogP contribution in [0.3, 0.4) is 0 Å². The summed E-state index contributed by atoms with van der Waals surface area (Å²) in [5, 5.41) is 10.7. The maximum absolute atomic E-state index is 5.55. The molecular weight excluding hydrogens is 643 g/mol. The first kappa shape index (κ1) is 29.6. The van der Waals surface area contributed by atoms with Crippen molar-refractivity contribution in [1.82, 2.24) is 14.5 Å². The summed E-state index contributed by atoms with van der Waals surface area (Å²) in [5.41, 5.74) is 9.62. The third-order valence-electron chi connectivity index (χ3n) is 10.8. The molecule has 11 rings (SSSR count). The van der Waals surface area contributed by atoms with Crippen LogP contribution in [0.2, 0.25) is 0 Å². The molecule has 0 saturated carbocycles. The lowest BCUT2D eigenvalue weighted by molar-refractivity contribution is 1.01. The molecule has 53 heavy (non-hydrogen) atoms. The highest BCUT2D eigenvalue weighted by Crippen LogP contribution is 2.41. The number of rotatable bonds is 4. The van der Waals surface area contributed by atoms with E-state index in [0.29, 0.717) is 5.95 Å². The monoisotopic (exact) mass is 673 g/mol. The van der Waals surface area contributed by atoms with Crippen molar-refractivity contribution in [2.75, 3.05) is 0 Å². The molecule has 246 valence electrons. The van der Waals surface area contributed by atoms with E-state index in [9.17, 15) is 0 Å². The minimum absolute atomic E-state index is 0.652. The fourth-order valence-corrected chi connectivity index (χ4v) is 8.23. The molecule has 3 heteroatoms. The highest BCUT2D eigenvalue weighted by atomic mass is 15.2. The zero-order valence-corrected chi connectivity index (χ0v) is 28.7. The Morgan fingerprint density at radius 3 is 1.70 bits per heavy atom. The van der Waals surface area contributed by atoms with Crippen molar-refractivity contribution in [2.45, 2.75) is 0 Å². The van der Waals surface area contributed by atoms with E-state index in [2.05, 4.69) is 193 Å². The van der Waals surface area contributed by atoms with E-state index >= 15 is 0 Å². The van der Waals surface area contributed by atoms with Crippen molar-refractivity contribution in [3.05, 3.63) is 188 Å². The Bertz CT molecular complexity index is 3210. The van der Waals surface area contributed by atoms with Crippen molar-refractivity contribution < 1.29 is 0 Å². The molecule has 2 heterocycles.